The van der Waals surface area contributed by atoms with E-state index in [1.165, 1.54) is 28.4 Å². The minimum atomic E-state index is -0.463. The second-order valence-electron chi connectivity index (χ2n) is 16.9. The summed E-state index contributed by atoms with van der Waals surface area (Å²) in [6, 6.07) is 2.99. The largest absolute Gasteiger partial charge is 0.508 e. The number of rotatable bonds is 17. The zero-order chi connectivity index (χ0) is 42.5. The zero-order valence-corrected chi connectivity index (χ0v) is 36.3. The van der Waals surface area contributed by atoms with E-state index in [1.54, 1.807) is 13.2 Å². The molecule has 2 heterocycles. The molecule has 4 atom stereocenters. The number of allylic oxidation sites excluding steroid dienone is 8. The molecule has 2 aliphatic heterocycles. The molecule has 0 aliphatic carbocycles. The fourth-order valence-corrected chi connectivity index (χ4v) is 7.58. The van der Waals surface area contributed by atoms with E-state index < -0.39 is 11.2 Å². The molecular weight excluding hydrogens is 717 g/mol. The van der Waals surface area contributed by atoms with Gasteiger partial charge in [-0.25, -0.2) is 0 Å². The normalized spacial score (nSPS) is 21.2. The van der Waals surface area contributed by atoms with Crippen LogP contribution >= 0.6 is 0 Å². The first-order chi connectivity index (χ1) is 27.0. The average Bonchev–Trinajstić information content (AvgIpc) is 3.15. The number of hydrogen-bond donors (Lipinski definition) is 1. The highest BCUT2D eigenvalue weighted by Gasteiger charge is 2.41. The molecular formula is C49H66O8. The van der Waals surface area contributed by atoms with Crippen LogP contribution in [0.15, 0.2) is 58.7 Å². The Morgan fingerprint density at radius 3 is 1.49 bits per heavy atom. The quantitative estimate of drug-likeness (QED) is 0.125. The summed E-state index contributed by atoms with van der Waals surface area (Å²) in [4.78, 5) is 46.0. The Bertz CT molecular complexity index is 1890. The van der Waals surface area contributed by atoms with Gasteiger partial charge in [0.25, 0.3) is 0 Å². The molecule has 8 nitrogen and oxygen atoms in total. The molecule has 0 saturated heterocycles. The third kappa shape index (κ3) is 12.1. The molecule has 310 valence electrons. The van der Waals surface area contributed by atoms with E-state index in [4.69, 9.17) is 14.2 Å². The molecule has 0 saturated carbocycles. The summed E-state index contributed by atoms with van der Waals surface area (Å²) in [5, 5.41) is 10.3. The highest BCUT2D eigenvalue weighted by atomic mass is 16.5. The Kier molecular flexibility index (Phi) is 17.3. The maximum absolute atomic E-state index is 11.7. The number of aldehydes is 4. The van der Waals surface area contributed by atoms with Gasteiger partial charge in [-0.15, -0.1) is 0 Å². The van der Waals surface area contributed by atoms with Crippen LogP contribution in [0.3, 0.4) is 0 Å². The third-order valence-corrected chi connectivity index (χ3v) is 11.8. The number of methoxy groups -OCH3 is 1. The summed E-state index contributed by atoms with van der Waals surface area (Å²) in [5.41, 5.74) is 7.08. The van der Waals surface area contributed by atoms with Crippen LogP contribution in [-0.2, 0) is 12.8 Å². The summed E-state index contributed by atoms with van der Waals surface area (Å²) in [6.07, 6.45) is 20.7. The molecule has 57 heavy (non-hydrogen) atoms. The SMILES string of the molecule is CC(C)=CCC/C(C)=C/CC[C@]1(C)Oc2c(C=O)c(C=O)cc(O)c2C[C@@H]1C.COc1cc(C=O)c(C=O)c2c1C[C@H](C)[C@](C)(CC/C=C(\C)CCC=C(C)C)O2. The maximum Gasteiger partial charge on any atom is 0.154 e. The average molecular weight is 783 g/mol. The van der Waals surface area contributed by atoms with E-state index in [1.807, 2.05) is 6.92 Å². The van der Waals surface area contributed by atoms with Crippen molar-refractivity contribution in [2.75, 3.05) is 7.11 Å². The lowest BCUT2D eigenvalue weighted by Crippen LogP contribution is -2.44. The van der Waals surface area contributed by atoms with Gasteiger partial charge >= 0.3 is 0 Å². The molecule has 2 aromatic rings. The third-order valence-electron chi connectivity index (χ3n) is 11.8. The van der Waals surface area contributed by atoms with Crippen LogP contribution in [0.2, 0.25) is 0 Å². The minimum Gasteiger partial charge on any atom is -0.508 e. The number of carbonyl (C=O) groups is 4. The molecule has 0 spiro atoms. The van der Waals surface area contributed by atoms with E-state index in [-0.39, 0.29) is 28.7 Å². The molecule has 0 aromatic heterocycles. The molecule has 2 aliphatic rings. The molecule has 2 aromatic carbocycles. The van der Waals surface area contributed by atoms with Crippen molar-refractivity contribution >= 4 is 25.1 Å². The smallest absolute Gasteiger partial charge is 0.154 e. The first-order valence-corrected chi connectivity index (χ1v) is 20.4. The van der Waals surface area contributed by atoms with Gasteiger partial charge < -0.3 is 19.3 Å². The lowest BCUT2D eigenvalue weighted by molar-refractivity contribution is 0.00875. The van der Waals surface area contributed by atoms with Gasteiger partial charge in [0.2, 0.25) is 0 Å². The highest BCUT2D eigenvalue weighted by Crippen LogP contribution is 2.47. The van der Waals surface area contributed by atoms with Gasteiger partial charge in [-0.2, -0.15) is 0 Å². The van der Waals surface area contributed by atoms with E-state index in [9.17, 15) is 24.3 Å². The topological polar surface area (TPSA) is 116 Å². The number of aromatic hydroxyl groups is 1. The Morgan fingerprint density at radius 2 is 1.09 bits per heavy atom. The maximum atomic E-state index is 11.7. The minimum absolute atomic E-state index is 0.0200. The van der Waals surface area contributed by atoms with E-state index in [0.717, 1.165) is 63.4 Å². The lowest BCUT2D eigenvalue weighted by Gasteiger charge is -2.42. The number of phenols is 1. The predicted octanol–water partition coefficient (Wildman–Crippen LogP) is 11.9. The number of phenolic OH excluding ortho intramolecular Hbond substituents is 1. The predicted molar refractivity (Wildman–Crippen MR) is 230 cm³/mol. The Morgan fingerprint density at radius 1 is 0.667 bits per heavy atom. The van der Waals surface area contributed by atoms with Crippen molar-refractivity contribution in [2.45, 2.75) is 145 Å². The van der Waals surface area contributed by atoms with E-state index in [2.05, 4.69) is 86.6 Å². The summed E-state index contributed by atoms with van der Waals surface area (Å²) >= 11 is 0. The van der Waals surface area contributed by atoms with Gasteiger partial charge in [0.1, 0.15) is 34.2 Å². The molecule has 8 heteroatoms. The monoisotopic (exact) mass is 782 g/mol. The Labute approximate surface area is 341 Å². The van der Waals surface area contributed by atoms with Crippen LogP contribution in [0.5, 0.6) is 23.0 Å². The van der Waals surface area contributed by atoms with Crippen LogP contribution in [0, 0.1) is 11.8 Å². The van der Waals surface area contributed by atoms with Gasteiger partial charge in [-0.3, -0.25) is 19.2 Å². The van der Waals surface area contributed by atoms with Crippen LogP contribution < -0.4 is 14.2 Å². The fourth-order valence-electron chi connectivity index (χ4n) is 7.58. The number of carbonyl (C=O) groups excluding carboxylic acids is 4. The molecule has 4 rings (SSSR count). The van der Waals surface area contributed by atoms with E-state index in [0.29, 0.717) is 65.5 Å². The number of fused-ring (bicyclic) bond motifs is 2. The van der Waals surface area contributed by atoms with Gasteiger partial charge in [-0.05, 0) is 144 Å². The second kappa shape index (κ2) is 21.2. The van der Waals surface area contributed by atoms with Crippen molar-refractivity contribution in [1.82, 2.24) is 0 Å². The second-order valence-corrected chi connectivity index (χ2v) is 16.9. The van der Waals surface area contributed by atoms with Crippen LogP contribution in [0.4, 0.5) is 0 Å². The van der Waals surface area contributed by atoms with Crippen LogP contribution in [0.25, 0.3) is 0 Å². The fraction of sp³-hybridized carbons (Fsp3) is 0.510. The van der Waals surface area contributed by atoms with Gasteiger partial charge in [-0.1, -0.05) is 60.4 Å². The van der Waals surface area contributed by atoms with Crippen molar-refractivity contribution < 1.29 is 38.5 Å². The van der Waals surface area contributed by atoms with Crippen molar-refractivity contribution in [2.24, 2.45) is 11.8 Å². The molecule has 0 fully saturated rings. The molecule has 1 N–H and O–H groups in total. The van der Waals surface area contributed by atoms with Gasteiger partial charge in [0, 0.05) is 22.3 Å². The lowest BCUT2D eigenvalue weighted by atomic mass is 9.78. The Hall–Kier alpha value is -4.72. The summed E-state index contributed by atoms with van der Waals surface area (Å²) in [5.74, 6) is 1.92. The van der Waals surface area contributed by atoms with Gasteiger partial charge in [0.05, 0.1) is 18.2 Å². The van der Waals surface area contributed by atoms with Crippen LogP contribution in [0.1, 0.15) is 173 Å². The van der Waals surface area contributed by atoms with Crippen LogP contribution in [-0.4, -0.2) is 48.6 Å². The molecule has 0 bridgehead atoms. The molecule has 0 unspecified atom stereocenters. The highest BCUT2D eigenvalue weighted by molar-refractivity contribution is 5.95. The van der Waals surface area contributed by atoms with E-state index >= 15 is 0 Å². The Balaban J connectivity index is 0.000000306. The number of hydrogen-bond acceptors (Lipinski definition) is 8. The van der Waals surface area contributed by atoms with Crippen molar-refractivity contribution in [3.8, 4) is 23.0 Å². The van der Waals surface area contributed by atoms with Crippen molar-refractivity contribution in [1.29, 1.82) is 0 Å². The molecule has 0 amide bonds. The summed E-state index contributed by atoms with van der Waals surface area (Å²) < 4.78 is 18.2. The zero-order valence-electron chi connectivity index (χ0n) is 36.3. The first-order valence-electron chi connectivity index (χ1n) is 20.4. The standard InChI is InChI=1S/C25H34O4.C24H32O4/c1-17(2)9-7-10-18(3)11-8-12-25(5)19(4)13-21-23(28-6)14-20(15-26)22(16-27)24(21)29-25;1-16(2)8-6-9-17(3)10-7-11-24(5)18(4)12-20-22(27)13-19(14-25)21(15-26)23(20)28-24/h9,11,14-16,19H,7-8,10,12-13H2,1-6H3;8,10,13-15,18,27H,6-7,9,11-12H2,1-5H3/b18-11+;17-10+/t19-,25-;18-,24-/m00/s1. The summed E-state index contributed by atoms with van der Waals surface area (Å²) in [6.45, 7) is 21.2. The first kappa shape index (κ1) is 46.7. The summed E-state index contributed by atoms with van der Waals surface area (Å²) in [7, 11) is 1.58. The van der Waals surface area contributed by atoms with Crippen molar-refractivity contribution in [3.63, 3.8) is 0 Å². The number of benzene rings is 2. The van der Waals surface area contributed by atoms with Crippen molar-refractivity contribution in [3.05, 3.63) is 92.1 Å². The molecule has 0 radical (unpaired) electrons. The number of ether oxygens (including phenoxy) is 3. The van der Waals surface area contributed by atoms with Gasteiger partial charge in [0.15, 0.2) is 25.1 Å².